The predicted molar refractivity (Wildman–Crippen MR) is 93.6 cm³/mol. The first kappa shape index (κ1) is 16.2. The van der Waals surface area contributed by atoms with Gasteiger partial charge in [-0.1, -0.05) is 6.07 Å². The normalized spacial score (nSPS) is 10.8. The Morgan fingerprint density at radius 1 is 1.17 bits per heavy atom. The second kappa shape index (κ2) is 7.24. The molecule has 1 amide bonds. The van der Waals surface area contributed by atoms with E-state index in [1.807, 2.05) is 37.7 Å². The second-order valence-corrected chi connectivity index (χ2v) is 6.19. The summed E-state index contributed by atoms with van der Waals surface area (Å²) in [5.41, 5.74) is 1.34. The molecule has 0 aromatic carbocycles. The maximum atomic E-state index is 12.0. The van der Waals surface area contributed by atoms with Gasteiger partial charge in [0.15, 0.2) is 10.8 Å². The van der Waals surface area contributed by atoms with Crippen molar-refractivity contribution in [3.63, 3.8) is 0 Å². The summed E-state index contributed by atoms with van der Waals surface area (Å²) in [4.78, 5) is 31.3. The van der Waals surface area contributed by atoms with Gasteiger partial charge in [-0.3, -0.25) is 9.78 Å². The number of anilines is 1. The molecule has 0 atom stereocenters. The fraction of sp³-hybridized carbons (Fsp3) is 0.188. The Hall–Kier alpha value is -2.71. The van der Waals surface area contributed by atoms with Crippen molar-refractivity contribution in [2.24, 2.45) is 0 Å². The van der Waals surface area contributed by atoms with Crippen LogP contribution in [0.15, 0.2) is 42.0 Å². The van der Waals surface area contributed by atoms with Crippen LogP contribution in [-0.4, -0.2) is 51.4 Å². The van der Waals surface area contributed by atoms with Crippen LogP contribution in [0, 0.1) is 0 Å². The van der Waals surface area contributed by atoms with E-state index >= 15 is 0 Å². The molecule has 7 nitrogen and oxygen atoms in total. The van der Waals surface area contributed by atoms with Crippen molar-refractivity contribution in [1.82, 2.24) is 24.8 Å². The Morgan fingerprint density at radius 3 is 2.71 bits per heavy atom. The molecular weight excluding hydrogens is 324 g/mol. The van der Waals surface area contributed by atoms with Crippen LogP contribution in [0.1, 0.15) is 0 Å². The fourth-order valence-electron chi connectivity index (χ4n) is 2.06. The number of nitrogens with zero attached hydrogens (tertiary/aromatic N) is 5. The topological polar surface area (TPSA) is 83.9 Å². The van der Waals surface area contributed by atoms with Gasteiger partial charge in [0.25, 0.3) is 0 Å². The lowest BCUT2D eigenvalue weighted by molar-refractivity contribution is -0.116. The summed E-state index contributed by atoms with van der Waals surface area (Å²) < 4.78 is 0. The number of carbonyl (C=O) groups excluding carboxylic acids is 1. The van der Waals surface area contributed by atoms with E-state index in [-0.39, 0.29) is 12.5 Å². The molecule has 0 saturated carbocycles. The number of thiazole rings is 1. The average Bonchev–Trinajstić information content (AvgIpc) is 3.09. The number of rotatable bonds is 5. The van der Waals surface area contributed by atoms with E-state index in [2.05, 4.69) is 25.3 Å². The molecule has 3 aromatic rings. The van der Waals surface area contributed by atoms with E-state index in [4.69, 9.17) is 0 Å². The Labute approximate surface area is 143 Å². The molecule has 0 unspecified atom stereocenters. The molecule has 0 saturated heterocycles. The van der Waals surface area contributed by atoms with E-state index in [0.29, 0.717) is 28.0 Å². The third-order valence-corrected chi connectivity index (χ3v) is 3.77. The molecule has 3 rings (SSSR count). The summed E-state index contributed by atoms with van der Waals surface area (Å²) in [6, 6.07) is 7.30. The van der Waals surface area contributed by atoms with Gasteiger partial charge in [-0.15, -0.1) is 11.3 Å². The summed E-state index contributed by atoms with van der Waals surface area (Å²) in [6.45, 7) is 0.273. The molecule has 0 spiro atoms. The van der Waals surface area contributed by atoms with Crippen molar-refractivity contribution in [3.05, 3.63) is 42.0 Å². The van der Waals surface area contributed by atoms with E-state index in [1.165, 1.54) is 11.3 Å². The molecule has 3 heterocycles. The first-order valence-corrected chi connectivity index (χ1v) is 8.15. The minimum absolute atomic E-state index is 0.143. The standard InChI is InChI=1S/C16H16N6OS/c1-22(2)10-14(23)20-13-9-12(11-5-3-4-6-17-11)19-15(21-13)16-18-7-8-24-16/h3-9H,10H2,1-2H3,(H,19,20,21,23). The van der Waals surface area contributed by atoms with Crippen molar-refractivity contribution in [1.29, 1.82) is 0 Å². The number of nitrogens with one attached hydrogen (secondary N) is 1. The van der Waals surface area contributed by atoms with E-state index < -0.39 is 0 Å². The van der Waals surface area contributed by atoms with Gasteiger partial charge in [0.1, 0.15) is 5.82 Å². The highest BCUT2D eigenvalue weighted by atomic mass is 32.1. The van der Waals surface area contributed by atoms with Gasteiger partial charge in [-0.05, 0) is 26.2 Å². The van der Waals surface area contributed by atoms with Crippen molar-refractivity contribution < 1.29 is 4.79 Å². The molecule has 1 N–H and O–H groups in total. The highest BCUT2D eigenvalue weighted by Gasteiger charge is 2.13. The molecule has 122 valence electrons. The van der Waals surface area contributed by atoms with E-state index in [9.17, 15) is 4.79 Å². The quantitative estimate of drug-likeness (QED) is 0.766. The van der Waals surface area contributed by atoms with E-state index in [0.717, 1.165) is 0 Å². The van der Waals surface area contributed by atoms with Crippen LogP contribution >= 0.6 is 11.3 Å². The molecule has 0 radical (unpaired) electrons. The first-order valence-electron chi connectivity index (χ1n) is 7.27. The second-order valence-electron chi connectivity index (χ2n) is 5.30. The third-order valence-electron chi connectivity index (χ3n) is 3.00. The minimum atomic E-state index is -0.143. The molecule has 24 heavy (non-hydrogen) atoms. The molecule has 0 aliphatic rings. The van der Waals surface area contributed by atoms with Crippen LogP contribution in [-0.2, 0) is 4.79 Å². The van der Waals surface area contributed by atoms with Crippen LogP contribution in [0.4, 0.5) is 5.82 Å². The molecule has 8 heteroatoms. The predicted octanol–water partition coefficient (Wildman–Crippen LogP) is 2.16. The molecule has 3 aromatic heterocycles. The SMILES string of the molecule is CN(C)CC(=O)Nc1cc(-c2ccccn2)nc(-c2nccs2)n1. The van der Waals surface area contributed by atoms with Crippen LogP contribution in [0.3, 0.4) is 0 Å². The zero-order valence-corrected chi connectivity index (χ0v) is 14.1. The number of amides is 1. The maximum Gasteiger partial charge on any atom is 0.239 e. The van der Waals surface area contributed by atoms with Gasteiger partial charge in [-0.2, -0.15) is 0 Å². The molecule has 0 aliphatic carbocycles. The summed E-state index contributed by atoms with van der Waals surface area (Å²) in [5, 5.41) is 5.35. The minimum Gasteiger partial charge on any atom is -0.309 e. The lowest BCUT2D eigenvalue weighted by atomic mass is 10.2. The number of likely N-dealkylation sites (N-methyl/N-ethyl adjacent to an activating group) is 1. The maximum absolute atomic E-state index is 12.0. The van der Waals surface area contributed by atoms with Crippen LogP contribution < -0.4 is 5.32 Å². The van der Waals surface area contributed by atoms with Gasteiger partial charge in [0.2, 0.25) is 5.91 Å². The Kier molecular flexibility index (Phi) is 4.88. The smallest absolute Gasteiger partial charge is 0.239 e. The zero-order valence-electron chi connectivity index (χ0n) is 13.3. The highest BCUT2D eigenvalue weighted by molar-refractivity contribution is 7.13. The first-order chi connectivity index (χ1) is 11.6. The number of hydrogen-bond acceptors (Lipinski definition) is 7. The Bertz CT molecular complexity index is 820. The van der Waals surface area contributed by atoms with Crippen molar-refractivity contribution in [2.45, 2.75) is 0 Å². The van der Waals surface area contributed by atoms with Crippen LogP contribution in [0.5, 0.6) is 0 Å². The highest BCUT2D eigenvalue weighted by Crippen LogP contribution is 2.24. The lowest BCUT2D eigenvalue weighted by Crippen LogP contribution is -2.27. The van der Waals surface area contributed by atoms with Gasteiger partial charge < -0.3 is 10.2 Å². The summed E-state index contributed by atoms with van der Waals surface area (Å²) in [5.74, 6) is 0.756. The van der Waals surface area contributed by atoms with Gasteiger partial charge in [0, 0.05) is 23.8 Å². The van der Waals surface area contributed by atoms with Crippen molar-refractivity contribution in [3.8, 4) is 22.2 Å². The molecular formula is C16H16N6OS. The number of hydrogen-bond donors (Lipinski definition) is 1. The van der Waals surface area contributed by atoms with Crippen molar-refractivity contribution in [2.75, 3.05) is 26.0 Å². The molecule has 0 fully saturated rings. The van der Waals surface area contributed by atoms with Gasteiger partial charge in [-0.25, -0.2) is 15.0 Å². The Morgan fingerprint density at radius 2 is 2.04 bits per heavy atom. The zero-order chi connectivity index (χ0) is 16.9. The summed E-state index contributed by atoms with van der Waals surface area (Å²) in [6.07, 6.45) is 3.39. The third kappa shape index (κ3) is 3.98. The largest absolute Gasteiger partial charge is 0.309 e. The molecule has 0 bridgehead atoms. The summed E-state index contributed by atoms with van der Waals surface area (Å²) >= 11 is 1.44. The Balaban J connectivity index is 1.99. The molecule has 0 aliphatic heterocycles. The van der Waals surface area contributed by atoms with Gasteiger partial charge in [0.05, 0.1) is 17.9 Å². The average molecular weight is 340 g/mol. The lowest BCUT2D eigenvalue weighted by Gasteiger charge is -2.11. The summed E-state index contributed by atoms with van der Waals surface area (Å²) in [7, 11) is 3.67. The van der Waals surface area contributed by atoms with Gasteiger partial charge >= 0.3 is 0 Å². The van der Waals surface area contributed by atoms with Crippen molar-refractivity contribution >= 4 is 23.1 Å². The van der Waals surface area contributed by atoms with Crippen LogP contribution in [0.2, 0.25) is 0 Å². The number of pyridine rings is 1. The van der Waals surface area contributed by atoms with Crippen LogP contribution in [0.25, 0.3) is 22.2 Å². The monoisotopic (exact) mass is 340 g/mol. The number of aromatic nitrogens is 4. The fourth-order valence-corrected chi connectivity index (χ4v) is 2.62. The van der Waals surface area contributed by atoms with E-state index in [1.54, 1.807) is 23.4 Å². The number of carbonyl (C=O) groups is 1.